The van der Waals surface area contributed by atoms with E-state index in [1.807, 2.05) is 0 Å². The molecule has 128 valence electrons. The lowest BCUT2D eigenvalue weighted by Gasteiger charge is -2.08. The number of carboxylic acids is 2. The van der Waals surface area contributed by atoms with E-state index in [0.29, 0.717) is 11.5 Å². The molecule has 0 radical (unpaired) electrons. The quantitative estimate of drug-likeness (QED) is 0.614. The molecule has 2 heterocycles. The van der Waals surface area contributed by atoms with E-state index in [1.54, 1.807) is 55.7 Å². The van der Waals surface area contributed by atoms with E-state index in [9.17, 15) is 9.59 Å². The Kier molecular flexibility index (Phi) is 7.86. The molecule has 0 bridgehead atoms. The zero-order valence-corrected chi connectivity index (χ0v) is 13.2. The third kappa shape index (κ3) is 7.32. The molecule has 0 aliphatic carbocycles. The minimum Gasteiger partial charge on any atom is -0.480 e. The van der Waals surface area contributed by atoms with Gasteiger partial charge in [0.25, 0.3) is 0 Å². The van der Waals surface area contributed by atoms with Crippen molar-refractivity contribution in [3.8, 4) is 0 Å². The van der Waals surface area contributed by atoms with Crippen molar-refractivity contribution in [1.82, 2.24) is 9.97 Å². The normalized spacial score (nSPS) is 12.2. The Labute approximate surface area is 139 Å². The second-order valence-corrected chi connectivity index (χ2v) is 4.89. The largest absolute Gasteiger partial charge is 0.480 e. The average Bonchev–Trinajstić information content (AvgIpc) is 2.57. The highest BCUT2D eigenvalue weighted by Crippen LogP contribution is 2.01. The fraction of sp³-hybridized carbons (Fsp3) is 0.250. The lowest BCUT2D eigenvalue weighted by molar-refractivity contribution is -0.139. The van der Waals surface area contributed by atoms with Crippen LogP contribution < -0.4 is 11.1 Å². The number of hydrogen-bond donors (Lipinski definition) is 4. The van der Waals surface area contributed by atoms with Gasteiger partial charge in [-0.3, -0.25) is 14.6 Å². The van der Waals surface area contributed by atoms with Crippen LogP contribution in [0.2, 0.25) is 0 Å². The molecule has 24 heavy (non-hydrogen) atoms. The Balaban J connectivity index is 0.000000240. The Morgan fingerprint density at radius 3 is 2.17 bits per heavy atom. The molecule has 2 rings (SSSR count). The van der Waals surface area contributed by atoms with Crippen LogP contribution in [0.1, 0.15) is 12.6 Å². The Morgan fingerprint density at radius 2 is 1.71 bits per heavy atom. The van der Waals surface area contributed by atoms with Gasteiger partial charge in [0.15, 0.2) is 0 Å². The van der Waals surface area contributed by atoms with Gasteiger partial charge in [-0.05, 0) is 31.2 Å². The minimum absolute atomic E-state index is 0.274. The number of aliphatic carboxylic acids is 2. The summed E-state index contributed by atoms with van der Waals surface area (Å²) in [6.45, 7) is 1.57. The predicted molar refractivity (Wildman–Crippen MR) is 88.5 cm³/mol. The van der Waals surface area contributed by atoms with Gasteiger partial charge in [0.2, 0.25) is 0 Å². The summed E-state index contributed by atoms with van der Waals surface area (Å²) in [6.07, 6.45) is 3.50. The summed E-state index contributed by atoms with van der Waals surface area (Å²) < 4.78 is 0. The van der Waals surface area contributed by atoms with E-state index in [4.69, 9.17) is 15.9 Å². The van der Waals surface area contributed by atoms with Crippen LogP contribution in [-0.4, -0.2) is 44.2 Å². The van der Waals surface area contributed by atoms with Gasteiger partial charge in [-0.25, -0.2) is 4.98 Å². The Hall–Kier alpha value is -3.00. The van der Waals surface area contributed by atoms with Crippen LogP contribution in [0.4, 0.5) is 5.82 Å². The van der Waals surface area contributed by atoms with Gasteiger partial charge in [0.05, 0.1) is 0 Å². The molecule has 0 fully saturated rings. The van der Waals surface area contributed by atoms with Crippen molar-refractivity contribution in [2.24, 2.45) is 5.73 Å². The van der Waals surface area contributed by atoms with Crippen LogP contribution in [0, 0.1) is 0 Å². The molecule has 0 aliphatic rings. The summed E-state index contributed by atoms with van der Waals surface area (Å²) >= 11 is 0. The molecule has 0 aromatic carbocycles. The van der Waals surface area contributed by atoms with Crippen LogP contribution in [0.25, 0.3) is 0 Å². The van der Waals surface area contributed by atoms with Crippen LogP contribution in [0.15, 0.2) is 48.8 Å². The number of nitrogens with zero attached hydrogens (tertiary/aromatic N) is 2. The van der Waals surface area contributed by atoms with E-state index in [1.165, 1.54) is 0 Å². The number of aromatic nitrogens is 2. The molecule has 0 spiro atoms. The van der Waals surface area contributed by atoms with Crippen molar-refractivity contribution in [3.05, 3.63) is 54.5 Å². The fourth-order valence-electron chi connectivity index (χ4n) is 1.56. The highest BCUT2D eigenvalue weighted by atomic mass is 16.4. The van der Waals surface area contributed by atoms with Crippen molar-refractivity contribution >= 4 is 17.8 Å². The molecular formula is C16H20N4O4. The Bertz CT molecular complexity index is 580. The lowest BCUT2D eigenvalue weighted by atomic mass is 10.1. The standard InChI is InChI=1S/2C8H10N2O2/c1-6(8(11)12)10-7-4-2-3-5-9-7;9-7(8(11)12)5-6-3-1-2-4-10-6/h2-6H,1H3,(H,9,10)(H,11,12);1-4,7H,5,9H2,(H,11,12)/t6-;7-/m11/s1. The zero-order valence-electron chi connectivity index (χ0n) is 13.2. The van der Waals surface area contributed by atoms with Crippen molar-refractivity contribution < 1.29 is 19.8 Å². The number of hydrogen-bond acceptors (Lipinski definition) is 6. The van der Waals surface area contributed by atoms with Gasteiger partial charge in [-0.15, -0.1) is 0 Å². The van der Waals surface area contributed by atoms with Gasteiger partial charge in [-0.2, -0.15) is 0 Å². The minimum atomic E-state index is -0.999. The second kappa shape index (κ2) is 9.90. The van der Waals surface area contributed by atoms with E-state index in [0.717, 1.165) is 0 Å². The molecule has 0 aliphatic heterocycles. The summed E-state index contributed by atoms with van der Waals surface area (Å²) in [4.78, 5) is 28.6. The van der Waals surface area contributed by atoms with Crippen LogP contribution in [0.3, 0.4) is 0 Å². The highest BCUT2D eigenvalue weighted by molar-refractivity contribution is 5.76. The number of pyridine rings is 2. The Morgan fingerprint density at radius 1 is 1.08 bits per heavy atom. The van der Waals surface area contributed by atoms with Crippen LogP contribution in [-0.2, 0) is 16.0 Å². The number of carboxylic acid groups (broad SMARTS) is 2. The molecule has 0 unspecified atom stereocenters. The summed E-state index contributed by atoms with van der Waals surface area (Å²) in [7, 11) is 0. The van der Waals surface area contributed by atoms with E-state index < -0.39 is 24.0 Å². The summed E-state index contributed by atoms with van der Waals surface area (Å²) in [5.41, 5.74) is 6.01. The smallest absolute Gasteiger partial charge is 0.325 e. The molecule has 8 nitrogen and oxygen atoms in total. The lowest BCUT2D eigenvalue weighted by Crippen LogP contribution is -2.32. The number of nitrogens with two attached hydrogens (primary N) is 1. The topological polar surface area (TPSA) is 138 Å². The number of nitrogens with one attached hydrogen (secondary N) is 1. The number of rotatable bonds is 6. The van der Waals surface area contributed by atoms with Crippen molar-refractivity contribution in [2.75, 3.05) is 5.32 Å². The molecule has 2 atom stereocenters. The predicted octanol–water partition coefficient (Wildman–Crippen LogP) is 1.00. The van der Waals surface area contributed by atoms with E-state index in [2.05, 4.69) is 15.3 Å². The average molecular weight is 332 g/mol. The molecule has 2 aromatic rings. The number of anilines is 1. The monoisotopic (exact) mass is 332 g/mol. The molecule has 0 amide bonds. The first kappa shape index (κ1) is 19.0. The van der Waals surface area contributed by atoms with Crippen LogP contribution in [0.5, 0.6) is 0 Å². The highest BCUT2D eigenvalue weighted by Gasteiger charge is 2.12. The van der Waals surface area contributed by atoms with Gasteiger partial charge >= 0.3 is 11.9 Å². The van der Waals surface area contributed by atoms with Crippen molar-refractivity contribution in [1.29, 1.82) is 0 Å². The zero-order chi connectivity index (χ0) is 17.9. The van der Waals surface area contributed by atoms with Crippen molar-refractivity contribution in [3.63, 3.8) is 0 Å². The fourth-order valence-corrected chi connectivity index (χ4v) is 1.56. The van der Waals surface area contributed by atoms with Gasteiger partial charge < -0.3 is 21.3 Å². The maximum atomic E-state index is 10.4. The molecule has 0 saturated heterocycles. The van der Waals surface area contributed by atoms with Gasteiger partial charge in [-0.1, -0.05) is 12.1 Å². The summed E-state index contributed by atoms with van der Waals surface area (Å²) in [5, 5.41) is 19.8. The third-order valence-electron chi connectivity index (χ3n) is 2.87. The van der Waals surface area contributed by atoms with E-state index >= 15 is 0 Å². The second-order valence-electron chi connectivity index (χ2n) is 4.89. The maximum absolute atomic E-state index is 10.4. The van der Waals surface area contributed by atoms with Crippen molar-refractivity contribution in [2.45, 2.75) is 25.4 Å². The summed E-state index contributed by atoms with van der Waals surface area (Å²) in [6, 6.07) is 9.15. The molecule has 5 N–H and O–H groups in total. The third-order valence-corrected chi connectivity index (χ3v) is 2.87. The maximum Gasteiger partial charge on any atom is 0.325 e. The first-order chi connectivity index (χ1) is 11.4. The first-order valence-corrected chi connectivity index (χ1v) is 7.18. The molecule has 8 heteroatoms. The van der Waals surface area contributed by atoms with Gasteiger partial charge in [0, 0.05) is 24.5 Å². The molecular weight excluding hydrogens is 312 g/mol. The SMILES string of the molecule is C[C@@H](Nc1ccccn1)C(=O)O.N[C@H](Cc1ccccn1)C(=O)O. The number of carbonyl (C=O) groups is 2. The van der Waals surface area contributed by atoms with Gasteiger partial charge in [0.1, 0.15) is 17.9 Å². The molecule has 0 saturated carbocycles. The summed E-state index contributed by atoms with van der Waals surface area (Å²) in [5.74, 6) is -1.31. The van der Waals surface area contributed by atoms with E-state index in [-0.39, 0.29) is 6.42 Å². The van der Waals surface area contributed by atoms with Crippen LogP contribution >= 0.6 is 0 Å². The first-order valence-electron chi connectivity index (χ1n) is 7.18. The molecule has 2 aromatic heterocycles.